The van der Waals surface area contributed by atoms with Gasteiger partial charge in [0.2, 0.25) is 5.91 Å². The van der Waals surface area contributed by atoms with Crippen LogP contribution in [-0.2, 0) is 23.9 Å². The molecule has 2 fully saturated rings. The zero-order valence-electron chi connectivity index (χ0n) is 22.2. The summed E-state index contributed by atoms with van der Waals surface area (Å²) in [5.41, 5.74) is -0.642. The first-order valence-electron chi connectivity index (χ1n) is 13.8. The zero-order valence-corrected chi connectivity index (χ0v) is 22.2. The van der Waals surface area contributed by atoms with Crippen molar-refractivity contribution in [2.75, 3.05) is 24.7 Å². The van der Waals surface area contributed by atoms with Crippen LogP contribution in [0.2, 0.25) is 0 Å². The highest BCUT2D eigenvalue weighted by Gasteiger charge is 2.72. The highest BCUT2D eigenvalue weighted by atomic mass is 16.6. The maximum Gasteiger partial charge on any atom is 0.312 e. The van der Waals surface area contributed by atoms with Crippen LogP contribution < -0.4 is 4.90 Å². The van der Waals surface area contributed by atoms with Crippen LogP contribution in [0, 0.1) is 17.8 Å². The van der Waals surface area contributed by atoms with Crippen LogP contribution in [0.15, 0.2) is 66.8 Å². The number of fused-ring (bicyclic) bond motifs is 3. The van der Waals surface area contributed by atoms with E-state index in [1.807, 2.05) is 80.6 Å². The molecule has 2 saturated heterocycles. The Kier molecular flexibility index (Phi) is 6.55. The van der Waals surface area contributed by atoms with Gasteiger partial charge in [-0.25, -0.2) is 0 Å². The summed E-state index contributed by atoms with van der Waals surface area (Å²) in [6, 6.07) is 12.2. The summed E-state index contributed by atoms with van der Waals surface area (Å²) in [7, 11) is 0. The molecule has 2 aromatic rings. The van der Waals surface area contributed by atoms with Gasteiger partial charge >= 0.3 is 5.97 Å². The molecule has 6 atom stereocenters. The predicted molar refractivity (Wildman–Crippen MR) is 146 cm³/mol. The SMILES string of the molecule is CC(C)C[C@H](CO)N1C(=O)[C@@H]2[C@H]3C(=O)OCCC=C[C@H]3O[C@@]23C=CCN(c2ccc4ccccc4c2)C(=O)C13. The van der Waals surface area contributed by atoms with Crippen molar-refractivity contribution in [3.05, 3.63) is 66.8 Å². The molecule has 4 heterocycles. The van der Waals surface area contributed by atoms with Crippen molar-refractivity contribution in [3.63, 3.8) is 0 Å². The normalized spacial score (nSPS) is 31.0. The van der Waals surface area contributed by atoms with Gasteiger partial charge in [0.25, 0.3) is 5.91 Å². The van der Waals surface area contributed by atoms with Gasteiger partial charge in [0.1, 0.15) is 17.6 Å². The lowest BCUT2D eigenvalue weighted by Crippen LogP contribution is -2.58. The van der Waals surface area contributed by atoms with Gasteiger partial charge in [0.05, 0.1) is 31.3 Å². The average Bonchev–Trinajstić information content (AvgIpc) is 3.30. The maximum atomic E-state index is 14.6. The minimum Gasteiger partial charge on any atom is -0.465 e. The van der Waals surface area contributed by atoms with E-state index < -0.39 is 41.6 Å². The second kappa shape index (κ2) is 9.92. The summed E-state index contributed by atoms with van der Waals surface area (Å²) in [5, 5.41) is 12.5. The van der Waals surface area contributed by atoms with Gasteiger partial charge in [-0.1, -0.05) is 68.5 Å². The van der Waals surface area contributed by atoms with Crippen molar-refractivity contribution in [1.29, 1.82) is 0 Å². The number of ether oxygens (including phenoxy) is 2. The molecule has 0 bridgehead atoms. The molecule has 4 aliphatic rings. The van der Waals surface area contributed by atoms with Gasteiger partial charge in [-0.3, -0.25) is 14.4 Å². The van der Waals surface area contributed by atoms with E-state index in [4.69, 9.17) is 9.47 Å². The molecule has 1 N–H and O–H groups in total. The number of anilines is 1. The van der Waals surface area contributed by atoms with E-state index in [0.717, 1.165) is 10.8 Å². The van der Waals surface area contributed by atoms with Crippen molar-refractivity contribution in [2.24, 2.45) is 17.8 Å². The fourth-order valence-corrected chi connectivity index (χ4v) is 6.84. The molecule has 0 aliphatic carbocycles. The first kappa shape index (κ1) is 25.8. The Balaban J connectivity index is 1.48. The Morgan fingerprint density at radius 1 is 1.05 bits per heavy atom. The first-order valence-corrected chi connectivity index (χ1v) is 13.8. The second-order valence-corrected chi connectivity index (χ2v) is 11.3. The zero-order chi connectivity index (χ0) is 27.3. The predicted octanol–water partition coefficient (Wildman–Crippen LogP) is 3.23. The molecular weight excluding hydrogens is 496 g/mol. The summed E-state index contributed by atoms with van der Waals surface area (Å²) in [6.07, 6.45) is 7.79. The van der Waals surface area contributed by atoms with E-state index in [2.05, 4.69) is 0 Å². The molecule has 0 radical (unpaired) electrons. The van der Waals surface area contributed by atoms with Crippen molar-refractivity contribution < 1.29 is 29.0 Å². The lowest BCUT2D eigenvalue weighted by Gasteiger charge is -2.39. The van der Waals surface area contributed by atoms with Gasteiger partial charge in [0.15, 0.2) is 0 Å². The minimum atomic E-state index is -1.35. The minimum absolute atomic E-state index is 0.169. The number of cyclic esters (lactones) is 1. The number of aliphatic hydroxyl groups excluding tert-OH is 1. The molecule has 1 spiro atoms. The van der Waals surface area contributed by atoms with E-state index in [-0.39, 0.29) is 37.5 Å². The third-order valence-corrected chi connectivity index (χ3v) is 8.45. The van der Waals surface area contributed by atoms with E-state index in [1.54, 1.807) is 4.90 Å². The lowest BCUT2D eigenvalue weighted by atomic mass is 9.77. The molecule has 0 aromatic heterocycles. The van der Waals surface area contributed by atoms with E-state index >= 15 is 0 Å². The number of rotatable bonds is 5. The van der Waals surface area contributed by atoms with Gasteiger partial charge in [-0.05, 0) is 41.7 Å². The lowest BCUT2D eigenvalue weighted by molar-refractivity contribution is -0.155. The largest absolute Gasteiger partial charge is 0.465 e. The average molecular weight is 531 g/mol. The highest BCUT2D eigenvalue weighted by Crippen LogP contribution is 2.54. The quantitative estimate of drug-likeness (QED) is 0.471. The highest BCUT2D eigenvalue weighted by molar-refractivity contribution is 6.06. The molecule has 1 unspecified atom stereocenters. The molecule has 39 heavy (non-hydrogen) atoms. The molecule has 4 aliphatic heterocycles. The Bertz CT molecular complexity index is 1370. The third-order valence-electron chi connectivity index (χ3n) is 8.45. The summed E-state index contributed by atoms with van der Waals surface area (Å²) in [4.78, 5) is 45.3. The number of carbonyl (C=O) groups is 3. The Morgan fingerprint density at radius 3 is 2.62 bits per heavy atom. The molecular formula is C31H34N2O6. The van der Waals surface area contributed by atoms with E-state index in [0.29, 0.717) is 18.5 Å². The standard InChI is InChI=1S/C31H34N2O6/c1-19(2)16-23(18-34)33-27-29(36)32(22-12-11-20-8-3-4-9-21(20)17-22)14-7-13-31(27)26(28(33)35)25-24(39-31)10-5-6-15-38-30(25)37/h3-5,7-13,17,19,23-27,34H,6,14-16,18H2,1-2H3/t23-,24-,25+,26+,27?,31+/m1/s1. The molecule has 2 aromatic carbocycles. The number of hydrogen-bond acceptors (Lipinski definition) is 6. The monoisotopic (exact) mass is 530 g/mol. The van der Waals surface area contributed by atoms with Crippen molar-refractivity contribution >= 4 is 34.2 Å². The topological polar surface area (TPSA) is 96.4 Å². The molecule has 6 rings (SSSR count). The van der Waals surface area contributed by atoms with Crippen LogP contribution in [0.1, 0.15) is 26.7 Å². The number of nitrogens with zero attached hydrogens (tertiary/aromatic N) is 2. The number of benzene rings is 2. The molecule has 0 saturated carbocycles. The van der Waals surface area contributed by atoms with Gasteiger partial charge in [0, 0.05) is 12.2 Å². The summed E-state index contributed by atoms with van der Waals surface area (Å²) >= 11 is 0. The van der Waals surface area contributed by atoms with E-state index in [9.17, 15) is 19.5 Å². The van der Waals surface area contributed by atoms with E-state index in [1.165, 1.54) is 4.90 Å². The number of carbonyl (C=O) groups excluding carboxylic acids is 3. The smallest absolute Gasteiger partial charge is 0.312 e. The Hall–Kier alpha value is -3.49. The summed E-state index contributed by atoms with van der Waals surface area (Å²) in [6.45, 7) is 4.25. The van der Waals surface area contributed by atoms with Crippen LogP contribution in [0.4, 0.5) is 5.69 Å². The number of hydrogen-bond donors (Lipinski definition) is 1. The maximum absolute atomic E-state index is 14.6. The third kappa shape index (κ3) is 4.08. The van der Waals surface area contributed by atoms with Crippen molar-refractivity contribution in [3.8, 4) is 0 Å². The fraction of sp³-hybridized carbons (Fsp3) is 0.452. The Morgan fingerprint density at radius 2 is 1.85 bits per heavy atom. The van der Waals surface area contributed by atoms with Crippen LogP contribution in [0.25, 0.3) is 10.8 Å². The molecule has 8 heteroatoms. The molecule has 2 amide bonds. The van der Waals surface area contributed by atoms with Crippen LogP contribution >= 0.6 is 0 Å². The molecule has 8 nitrogen and oxygen atoms in total. The van der Waals surface area contributed by atoms with Crippen LogP contribution in [0.3, 0.4) is 0 Å². The van der Waals surface area contributed by atoms with Gasteiger partial charge < -0.3 is 24.4 Å². The number of aliphatic hydroxyl groups is 1. The fourth-order valence-electron chi connectivity index (χ4n) is 6.84. The second-order valence-electron chi connectivity index (χ2n) is 11.3. The Labute approximate surface area is 227 Å². The first-order chi connectivity index (χ1) is 18.9. The van der Waals surface area contributed by atoms with Crippen molar-refractivity contribution in [2.45, 2.75) is 50.5 Å². The number of likely N-dealkylation sites (tertiary alicyclic amines) is 1. The number of esters is 1. The summed E-state index contributed by atoms with van der Waals surface area (Å²) < 4.78 is 12.1. The molecule has 204 valence electrons. The van der Waals surface area contributed by atoms with Crippen LogP contribution in [0.5, 0.6) is 0 Å². The van der Waals surface area contributed by atoms with Gasteiger partial charge in [-0.15, -0.1) is 0 Å². The van der Waals surface area contributed by atoms with Crippen molar-refractivity contribution in [1.82, 2.24) is 4.90 Å². The summed E-state index contributed by atoms with van der Waals surface area (Å²) in [5.74, 6) is -2.76. The number of amides is 2. The van der Waals surface area contributed by atoms with Crippen LogP contribution in [-0.4, -0.2) is 71.3 Å². The van der Waals surface area contributed by atoms with Gasteiger partial charge in [-0.2, -0.15) is 0 Å².